The fourth-order valence-corrected chi connectivity index (χ4v) is 6.59. The molecule has 2 saturated heterocycles. The molecule has 48 heavy (non-hydrogen) atoms. The van der Waals surface area contributed by atoms with E-state index < -0.39 is 65.7 Å². The minimum Gasteiger partial charge on any atom is -0.495 e. The molecule has 2 fully saturated rings. The van der Waals surface area contributed by atoms with Crippen molar-refractivity contribution in [1.29, 1.82) is 0 Å². The molecule has 8 atom stereocenters. The molecule has 4 rings (SSSR count). The Labute approximate surface area is 286 Å². The van der Waals surface area contributed by atoms with E-state index in [-0.39, 0.29) is 23.8 Å². The number of hydrogen-bond acceptors (Lipinski definition) is 10. The number of aliphatic hydroxyl groups is 1. The summed E-state index contributed by atoms with van der Waals surface area (Å²) < 4.78 is 28.9. The lowest BCUT2D eigenvalue weighted by Gasteiger charge is -2.42. The number of rotatable bonds is 5. The number of anilines is 1. The molecular weight excluding hydrogens is 646 g/mol. The van der Waals surface area contributed by atoms with Crippen LogP contribution in [0.15, 0.2) is 35.9 Å². The van der Waals surface area contributed by atoms with E-state index in [1.807, 2.05) is 13.0 Å². The summed E-state index contributed by atoms with van der Waals surface area (Å²) in [5.41, 5.74) is -0.871. The van der Waals surface area contributed by atoms with Crippen LogP contribution in [0.25, 0.3) is 0 Å². The summed E-state index contributed by atoms with van der Waals surface area (Å²) >= 11 is 6.71. The van der Waals surface area contributed by atoms with Crippen LogP contribution in [0.4, 0.5) is 10.5 Å². The number of likely N-dealkylation sites (N-methyl/N-ethyl adjacent to an activating group) is 1. The van der Waals surface area contributed by atoms with Gasteiger partial charge >= 0.3 is 12.1 Å². The van der Waals surface area contributed by atoms with Crippen molar-refractivity contribution in [3.63, 3.8) is 0 Å². The maximum Gasteiger partial charge on any atom is 0.409 e. The van der Waals surface area contributed by atoms with Crippen LogP contribution in [0.5, 0.6) is 5.75 Å². The summed E-state index contributed by atoms with van der Waals surface area (Å²) in [7, 11) is 5.97. The lowest BCUT2D eigenvalue weighted by molar-refractivity contribution is -0.161. The van der Waals surface area contributed by atoms with E-state index in [0.29, 0.717) is 17.9 Å². The predicted octanol–water partition coefficient (Wildman–Crippen LogP) is 3.53. The third-order valence-electron chi connectivity index (χ3n) is 9.63. The van der Waals surface area contributed by atoms with Crippen molar-refractivity contribution in [3.05, 3.63) is 46.5 Å². The molecule has 14 heteroatoms. The molecule has 13 nitrogen and oxygen atoms in total. The molecule has 3 heterocycles. The molecular formula is C34H46ClN3O10. The van der Waals surface area contributed by atoms with Crippen LogP contribution in [0.3, 0.4) is 0 Å². The average Bonchev–Trinajstić information content (AvgIpc) is 3.73. The van der Waals surface area contributed by atoms with Gasteiger partial charge in [-0.05, 0) is 44.9 Å². The second-order valence-corrected chi connectivity index (χ2v) is 13.4. The lowest BCUT2D eigenvalue weighted by Crippen LogP contribution is -2.63. The van der Waals surface area contributed by atoms with Gasteiger partial charge in [0.25, 0.3) is 0 Å². The highest BCUT2D eigenvalue weighted by molar-refractivity contribution is 6.35. The van der Waals surface area contributed by atoms with E-state index in [2.05, 4.69) is 5.32 Å². The summed E-state index contributed by atoms with van der Waals surface area (Å²) in [6.45, 7) is 8.29. The predicted molar refractivity (Wildman–Crippen MR) is 177 cm³/mol. The second kappa shape index (κ2) is 14.5. The van der Waals surface area contributed by atoms with Crippen LogP contribution in [-0.2, 0) is 39.8 Å². The van der Waals surface area contributed by atoms with Gasteiger partial charge in [-0.2, -0.15) is 0 Å². The van der Waals surface area contributed by atoms with Crippen LogP contribution < -0.4 is 15.0 Å². The van der Waals surface area contributed by atoms with Crippen molar-refractivity contribution in [1.82, 2.24) is 10.2 Å². The van der Waals surface area contributed by atoms with Crippen molar-refractivity contribution in [2.75, 3.05) is 33.2 Å². The quantitative estimate of drug-likeness (QED) is 0.346. The third kappa shape index (κ3) is 7.64. The normalized spacial score (nSPS) is 33.2. The maximum absolute atomic E-state index is 14.0. The smallest absolute Gasteiger partial charge is 0.409 e. The van der Waals surface area contributed by atoms with Gasteiger partial charge in [0.15, 0.2) is 5.72 Å². The van der Waals surface area contributed by atoms with Crippen LogP contribution >= 0.6 is 11.6 Å². The third-order valence-corrected chi connectivity index (χ3v) is 10.0. The number of carbonyl (C=O) groups is 4. The largest absolute Gasteiger partial charge is 0.495 e. The van der Waals surface area contributed by atoms with E-state index >= 15 is 0 Å². The van der Waals surface area contributed by atoms with Gasteiger partial charge in [0.2, 0.25) is 11.8 Å². The minimum atomic E-state index is -1.81. The molecule has 3 amide bonds. The highest BCUT2D eigenvalue weighted by Crippen LogP contribution is 2.49. The van der Waals surface area contributed by atoms with Gasteiger partial charge in [0.05, 0.1) is 25.3 Å². The van der Waals surface area contributed by atoms with Crippen LogP contribution in [-0.4, -0.2) is 104 Å². The Bertz CT molecular complexity index is 1500. The number of esters is 1. The number of ether oxygens (including phenoxy) is 5. The number of benzene rings is 1. The van der Waals surface area contributed by atoms with Gasteiger partial charge in [-0.25, -0.2) is 9.59 Å². The van der Waals surface area contributed by atoms with Crippen molar-refractivity contribution in [2.45, 2.75) is 95.7 Å². The van der Waals surface area contributed by atoms with E-state index in [4.69, 9.17) is 35.3 Å². The Morgan fingerprint density at radius 1 is 1.25 bits per heavy atom. The standard InChI is InChI=1S/C34H46ClN3O10/c1-18-11-10-12-26(45-9)34(43)17-25(46-32(42)36-34)19(2)30-33(5,48-30)27(47-31(41)20(3)37(6)21(4)39)16-28(40)38(7)23-14-22(13-18)15-24(44-8)29(23)35/h10-12,14-15,19-20,25-27,30,43H,13,16-17H2,1-9H3,(H,36,42)/b12-10+,18-11+/t19-,20?,25?,26-,27+,30?,33-,34+/m1/s1. The van der Waals surface area contributed by atoms with Crippen LogP contribution in [0.2, 0.25) is 5.02 Å². The van der Waals surface area contributed by atoms with Crippen molar-refractivity contribution in [3.8, 4) is 5.75 Å². The van der Waals surface area contributed by atoms with E-state index in [1.54, 1.807) is 45.2 Å². The van der Waals surface area contributed by atoms with E-state index in [9.17, 15) is 24.3 Å². The zero-order chi connectivity index (χ0) is 35.7. The molecule has 3 unspecified atom stereocenters. The summed E-state index contributed by atoms with van der Waals surface area (Å²) in [6.07, 6.45) is 1.02. The Hall–Kier alpha value is -3.65. The second-order valence-electron chi connectivity index (χ2n) is 13.0. The molecule has 2 N–H and O–H groups in total. The number of alkyl carbamates (subject to hydrolysis) is 1. The zero-order valence-electron chi connectivity index (χ0n) is 28.9. The average molecular weight is 692 g/mol. The fraction of sp³-hybridized carbons (Fsp3) is 0.588. The molecule has 1 aromatic carbocycles. The maximum atomic E-state index is 14.0. The Balaban J connectivity index is 1.80. The number of halogens is 1. The lowest BCUT2D eigenvalue weighted by atomic mass is 9.83. The van der Waals surface area contributed by atoms with Gasteiger partial charge in [-0.1, -0.05) is 42.3 Å². The number of nitrogens with one attached hydrogen (secondary N) is 1. The van der Waals surface area contributed by atoms with Gasteiger partial charge < -0.3 is 38.6 Å². The molecule has 0 aliphatic carbocycles. The molecule has 3 aliphatic heterocycles. The topological polar surface area (TPSA) is 156 Å². The van der Waals surface area contributed by atoms with Crippen LogP contribution in [0, 0.1) is 5.92 Å². The zero-order valence-corrected chi connectivity index (χ0v) is 29.6. The molecule has 0 aromatic heterocycles. The summed E-state index contributed by atoms with van der Waals surface area (Å²) in [6, 6.07) is 2.63. The minimum absolute atomic E-state index is 0.0436. The number of methoxy groups -OCH3 is 2. The number of hydrogen-bond donors (Lipinski definition) is 2. The van der Waals surface area contributed by atoms with Gasteiger partial charge in [0, 0.05) is 40.5 Å². The highest BCUT2D eigenvalue weighted by Gasteiger charge is 2.64. The van der Waals surface area contributed by atoms with Gasteiger partial charge in [-0.3, -0.25) is 14.9 Å². The number of allylic oxidation sites excluding steroid dienone is 3. The fourth-order valence-electron chi connectivity index (χ4n) is 6.27. The molecule has 4 bridgehead atoms. The van der Waals surface area contributed by atoms with E-state index in [1.165, 1.54) is 44.9 Å². The number of epoxide rings is 1. The number of carbonyl (C=O) groups excluding carboxylic acids is 4. The van der Waals surface area contributed by atoms with Crippen molar-refractivity contribution >= 4 is 41.2 Å². The highest BCUT2D eigenvalue weighted by atomic mass is 35.5. The Morgan fingerprint density at radius 2 is 1.94 bits per heavy atom. The van der Waals surface area contributed by atoms with Crippen LogP contribution in [0.1, 0.15) is 53.0 Å². The number of fused-ring (bicyclic) bond motifs is 5. The van der Waals surface area contributed by atoms with Crippen molar-refractivity contribution < 1.29 is 48.0 Å². The molecule has 0 radical (unpaired) electrons. The number of nitrogens with zero attached hydrogens (tertiary/aromatic N) is 2. The summed E-state index contributed by atoms with van der Waals surface area (Å²) in [5, 5.41) is 14.4. The SMILES string of the molecule is COc1cc2cc(c1Cl)N(C)C(=O)C[C@H](OC(=O)C(C)N(C)C(C)=O)[C@@]1(C)OC1[C@H](C)C1C[C@@](O)(NC(=O)O1)[C@H](OC)/C=C/C=C(\C)C2. The molecule has 264 valence electrons. The first-order valence-corrected chi connectivity index (χ1v) is 16.2. The number of amides is 3. The molecule has 0 saturated carbocycles. The van der Waals surface area contributed by atoms with Gasteiger partial charge in [0.1, 0.15) is 40.7 Å². The van der Waals surface area contributed by atoms with Crippen molar-refractivity contribution in [2.24, 2.45) is 5.92 Å². The Kier molecular flexibility index (Phi) is 11.2. The molecule has 3 aliphatic rings. The Morgan fingerprint density at radius 3 is 2.56 bits per heavy atom. The molecule has 1 aromatic rings. The summed E-state index contributed by atoms with van der Waals surface area (Å²) in [5.74, 6) is -1.63. The van der Waals surface area contributed by atoms with Gasteiger partial charge in [-0.15, -0.1) is 0 Å². The molecule has 0 spiro atoms. The first kappa shape index (κ1) is 37.2. The van der Waals surface area contributed by atoms with E-state index in [0.717, 1.165) is 11.1 Å². The first-order valence-electron chi connectivity index (χ1n) is 15.8. The first-order chi connectivity index (χ1) is 22.4. The monoisotopic (exact) mass is 691 g/mol. The summed E-state index contributed by atoms with van der Waals surface area (Å²) in [4.78, 5) is 54.7.